The maximum atomic E-state index is 11.9. The summed E-state index contributed by atoms with van der Waals surface area (Å²) in [5.41, 5.74) is 5.55. The number of amides is 1. The Morgan fingerprint density at radius 3 is 2.39 bits per heavy atom. The van der Waals surface area contributed by atoms with Gasteiger partial charge in [-0.3, -0.25) is 4.79 Å². The minimum absolute atomic E-state index is 0.134. The maximum Gasteiger partial charge on any atom is 0.271 e. The molecular weight excluding hydrogens is 224 g/mol. The van der Waals surface area contributed by atoms with Crippen molar-refractivity contribution in [1.29, 1.82) is 0 Å². The summed E-state index contributed by atoms with van der Waals surface area (Å²) < 4.78 is 0. The summed E-state index contributed by atoms with van der Waals surface area (Å²) in [6.45, 7) is 6.25. The van der Waals surface area contributed by atoms with E-state index in [9.17, 15) is 4.79 Å². The Kier molecular flexibility index (Phi) is 3.80. The van der Waals surface area contributed by atoms with E-state index in [-0.39, 0.29) is 5.91 Å². The highest BCUT2D eigenvalue weighted by Gasteiger charge is 2.24. The van der Waals surface area contributed by atoms with E-state index in [2.05, 4.69) is 24.4 Å². The van der Waals surface area contributed by atoms with Crippen LogP contribution in [0.2, 0.25) is 0 Å². The normalized spacial score (nSPS) is 15.9. The van der Waals surface area contributed by atoms with Crippen molar-refractivity contribution in [3.63, 3.8) is 0 Å². The van der Waals surface area contributed by atoms with Crippen molar-refractivity contribution >= 4 is 11.6 Å². The molecule has 1 aromatic rings. The predicted molar refractivity (Wildman–Crippen MR) is 73.8 cm³/mol. The second kappa shape index (κ2) is 5.34. The zero-order chi connectivity index (χ0) is 13.1. The van der Waals surface area contributed by atoms with Crippen LogP contribution in [-0.4, -0.2) is 11.6 Å². The summed E-state index contributed by atoms with van der Waals surface area (Å²) in [7, 11) is 0. The van der Waals surface area contributed by atoms with E-state index in [1.54, 1.807) is 0 Å². The molecule has 2 rings (SSSR count). The minimum Gasteiger partial charge on any atom is -0.267 e. The molecule has 1 saturated carbocycles. The van der Waals surface area contributed by atoms with Crippen molar-refractivity contribution in [2.24, 2.45) is 11.0 Å². The lowest BCUT2D eigenvalue weighted by Crippen LogP contribution is -2.19. The summed E-state index contributed by atoms with van der Waals surface area (Å²) in [6.07, 6.45) is 2.41. The fraction of sp³-hybridized carbons (Fsp3) is 0.467. The lowest BCUT2D eigenvalue weighted by Gasteiger charge is -2.06. The number of benzene rings is 1. The molecule has 0 aromatic heterocycles. The molecule has 0 saturated heterocycles. The van der Waals surface area contributed by atoms with E-state index >= 15 is 0 Å². The molecule has 1 aromatic carbocycles. The van der Waals surface area contributed by atoms with Crippen molar-refractivity contribution in [3.05, 3.63) is 35.4 Å². The number of carbonyl (C=O) groups is 1. The van der Waals surface area contributed by atoms with Crippen molar-refractivity contribution in [2.75, 3.05) is 0 Å². The molecule has 1 aliphatic rings. The Morgan fingerprint density at radius 2 is 1.89 bits per heavy atom. The van der Waals surface area contributed by atoms with Gasteiger partial charge < -0.3 is 0 Å². The van der Waals surface area contributed by atoms with E-state index < -0.39 is 0 Å². The largest absolute Gasteiger partial charge is 0.271 e. The third-order valence-electron chi connectivity index (χ3n) is 3.34. The van der Waals surface area contributed by atoms with Crippen molar-refractivity contribution in [3.8, 4) is 0 Å². The van der Waals surface area contributed by atoms with Gasteiger partial charge in [-0.05, 0) is 49.3 Å². The predicted octanol–water partition coefficient (Wildman–Crippen LogP) is 3.33. The first-order chi connectivity index (χ1) is 8.58. The summed E-state index contributed by atoms with van der Waals surface area (Å²) in [5.74, 6) is 0.941. The fourth-order valence-electron chi connectivity index (χ4n) is 1.82. The first-order valence-corrected chi connectivity index (χ1v) is 6.52. The van der Waals surface area contributed by atoms with E-state index in [1.807, 2.05) is 31.2 Å². The molecule has 1 N–H and O–H groups in total. The Balaban J connectivity index is 1.98. The van der Waals surface area contributed by atoms with E-state index in [4.69, 9.17) is 0 Å². The van der Waals surface area contributed by atoms with Crippen LogP contribution in [0, 0.1) is 5.92 Å². The molecule has 3 heteroatoms. The van der Waals surface area contributed by atoms with Gasteiger partial charge in [-0.1, -0.05) is 26.0 Å². The highest BCUT2D eigenvalue weighted by atomic mass is 16.2. The van der Waals surface area contributed by atoms with Crippen LogP contribution in [-0.2, 0) is 0 Å². The molecule has 18 heavy (non-hydrogen) atoms. The summed E-state index contributed by atoms with van der Waals surface area (Å²) in [6, 6.07) is 7.70. The van der Waals surface area contributed by atoms with Gasteiger partial charge in [0.2, 0.25) is 0 Å². The SMILES string of the molecule is C/C(=N\NC(=O)c1ccc(C(C)C)cc1)C1CC1. The molecule has 0 atom stereocenters. The third-order valence-corrected chi connectivity index (χ3v) is 3.34. The first-order valence-electron chi connectivity index (χ1n) is 6.52. The summed E-state index contributed by atoms with van der Waals surface area (Å²) in [5, 5.41) is 4.14. The van der Waals surface area contributed by atoms with Crippen LogP contribution in [0.5, 0.6) is 0 Å². The van der Waals surface area contributed by atoms with Crippen LogP contribution in [0.4, 0.5) is 0 Å². The van der Waals surface area contributed by atoms with Gasteiger partial charge in [-0.2, -0.15) is 5.10 Å². The van der Waals surface area contributed by atoms with Gasteiger partial charge in [0.15, 0.2) is 0 Å². The molecule has 96 valence electrons. The zero-order valence-corrected chi connectivity index (χ0v) is 11.2. The van der Waals surface area contributed by atoms with Crippen LogP contribution in [0.3, 0.4) is 0 Å². The van der Waals surface area contributed by atoms with Gasteiger partial charge in [0.1, 0.15) is 0 Å². The maximum absolute atomic E-state index is 11.9. The van der Waals surface area contributed by atoms with Crippen molar-refractivity contribution in [2.45, 2.75) is 39.5 Å². The zero-order valence-electron chi connectivity index (χ0n) is 11.2. The number of carbonyl (C=O) groups excluding carboxylic acids is 1. The highest BCUT2D eigenvalue weighted by Crippen LogP contribution is 2.30. The second-order valence-corrected chi connectivity index (χ2v) is 5.25. The van der Waals surface area contributed by atoms with E-state index in [0.29, 0.717) is 17.4 Å². The van der Waals surface area contributed by atoms with Gasteiger partial charge in [0.05, 0.1) is 0 Å². The number of nitrogens with one attached hydrogen (secondary N) is 1. The highest BCUT2D eigenvalue weighted by molar-refractivity contribution is 5.95. The van der Waals surface area contributed by atoms with Crippen LogP contribution in [0.15, 0.2) is 29.4 Å². The molecule has 0 heterocycles. The van der Waals surface area contributed by atoms with Crippen LogP contribution in [0.1, 0.15) is 55.5 Å². The Hall–Kier alpha value is -1.64. The average molecular weight is 244 g/mol. The smallest absolute Gasteiger partial charge is 0.267 e. The van der Waals surface area contributed by atoms with Crippen molar-refractivity contribution < 1.29 is 4.79 Å². The number of rotatable bonds is 4. The topological polar surface area (TPSA) is 41.5 Å². The Labute approximate surface area is 108 Å². The third kappa shape index (κ3) is 3.19. The van der Waals surface area contributed by atoms with Crippen LogP contribution < -0.4 is 5.43 Å². The number of hydrogen-bond donors (Lipinski definition) is 1. The van der Waals surface area contributed by atoms with Gasteiger partial charge in [0, 0.05) is 11.3 Å². The molecular formula is C15H20N2O. The van der Waals surface area contributed by atoms with E-state index in [1.165, 1.54) is 18.4 Å². The molecule has 3 nitrogen and oxygen atoms in total. The lowest BCUT2D eigenvalue weighted by atomic mass is 10.0. The second-order valence-electron chi connectivity index (χ2n) is 5.25. The Bertz CT molecular complexity index is 456. The molecule has 0 unspecified atom stereocenters. The number of nitrogens with zero attached hydrogens (tertiary/aromatic N) is 1. The molecule has 0 aliphatic heterocycles. The number of hydrazone groups is 1. The quantitative estimate of drug-likeness (QED) is 0.640. The van der Waals surface area contributed by atoms with Gasteiger partial charge in [-0.15, -0.1) is 0 Å². The lowest BCUT2D eigenvalue weighted by molar-refractivity contribution is 0.0954. The summed E-state index contributed by atoms with van der Waals surface area (Å²) in [4.78, 5) is 11.9. The fourth-order valence-corrected chi connectivity index (χ4v) is 1.82. The van der Waals surface area contributed by atoms with E-state index in [0.717, 1.165) is 5.71 Å². The van der Waals surface area contributed by atoms with Crippen molar-refractivity contribution in [1.82, 2.24) is 5.43 Å². The summed E-state index contributed by atoms with van der Waals surface area (Å²) >= 11 is 0. The molecule has 1 aliphatic carbocycles. The van der Waals surface area contributed by atoms with Crippen LogP contribution >= 0.6 is 0 Å². The standard InChI is InChI=1S/C15H20N2O/c1-10(2)12-4-8-14(9-5-12)15(18)17-16-11(3)13-6-7-13/h4-5,8-10,13H,6-7H2,1-3H3,(H,17,18)/b16-11+. The average Bonchev–Trinajstić information content (AvgIpc) is 3.20. The molecule has 1 amide bonds. The first kappa shape index (κ1) is 12.8. The van der Waals surface area contributed by atoms with Gasteiger partial charge >= 0.3 is 0 Å². The van der Waals surface area contributed by atoms with Gasteiger partial charge in [-0.25, -0.2) is 5.43 Å². The van der Waals surface area contributed by atoms with Crippen LogP contribution in [0.25, 0.3) is 0 Å². The minimum atomic E-state index is -0.134. The molecule has 1 fully saturated rings. The molecule has 0 radical (unpaired) electrons. The monoisotopic (exact) mass is 244 g/mol. The Morgan fingerprint density at radius 1 is 1.28 bits per heavy atom. The van der Waals surface area contributed by atoms with Gasteiger partial charge in [0.25, 0.3) is 5.91 Å². The molecule has 0 spiro atoms. The number of hydrogen-bond acceptors (Lipinski definition) is 2. The molecule has 0 bridgehead atoms.